The summed E-state index contributed by atoms with van der Waals surface area (Å²) in [6.45, 7) is 3.47. The first-order valence-electron chi connectivity index (χ1n) is 10.1. The Kier molecular flexibility index (Phi) is 9.30. The van der Waals surface area contributed by atoms with Gasteiger partial charge in [0.2, 0.25) is 0 Å². The fourth-order valence-electron chi connectivity index (χ4n) is 4.16. The molecule has 2 aliphatic rings. The lowest BCUT2D eigenvalue weighted by atomic mass is 9.86. The molecular formula is C21H35IN4O2. The van der Waals surface area contributed by atoms with Crippen molar-refractivity contribution in [2.45, 2.75) is 43.7 Å². The number of aliphatic imine (C=N–C) groups is 1. The van der Waals surface area contributed by atoms with Gasteiger partial charge in [0.05, 0.1) is 12.6 Å². The van der Waals surface area contributed by atoms with E-state index in [2.05, 4.69) is 51.8 Å². The van der Waals surface area contributed by atoms with E-state index in [-0.39, 0.29) is 35.6 Å². The van der Waals surface area contributed by atoms with Crippen molar-refractivity contribution >= 4 is 29.9 Å². The van der Waals surface area contributed by atoms with Crippen molar-refractivity contribution in [3.05, 3.63) is 29.8 Å². The molecule has 1 atom stereocenters. The van der Waals surface area contributed by atoms with Gasteiger partial charge in [-0.3, -0.25) is 4.99 Å². The van der Waals surface area contributed by atoms with Crippen LogP contribution in [-0.4, -0.2) is 63.9 Å². The zero-order valence-electron chi connectivity index (χ0n) is 17.4. The molecule has 28 heavy (non-hydrogen) atoms. The van der Waals surface area contributed by atoms with E-state index in [0.29, 0.717) is 0 Å². The van der Waals surface area contributed by atoms with Crippen molar-refractivity contribution in [3.8, 4) is 5.75 Å². The number of hydrogen-bond acceptors (Lipinski definition) is 4. The van der Waals surface area contributed by atoms with Crippen molar-refractivity contribution in [1.82, 2.24) is 15.5 Å². The van der Waals surface area contributed by atoms with Crippen molar-refractivity contribution in [2.24, 2.45) is 4.99 Å². The lowest BCUT2D eigenvalue weighted by Crippen LogP contribution is -2.47. The summed E-state index contributed by atoms with van der Waals surface area (Å²) in [4.78, 5) is 6.69. The Morgan fingerprint density at radius 2 is 2.04 bits per heavy atom. The average molecular weight is 502 g/mol. The lowest BCUT2D eigenvalue weighted by Gasteiger charge is -2.40. The molecule has 3 rings (SSSR count). The number of ether oxygens (including phenoxy) is 2. The van der Waals surface area contributed by atoms with Crippen LogP contribution >= 0.6 is 24.0 Å². The Morgan fingerprint density at radius 1 is 1.29 bits per heavy atom. The molecule has 1 spiro atoms. The largest absolute Gasteiger partial charge is 0.487 e. The number of benzene rings is 1. The highest BCUT2D eigenvalue weighted by Gasteiger charge is 2.43. The third kappa shape index (κ3) is 5.97. The number of rotatable bonds is 7. The highest BCUT2D eigenvalue weighted by Crippen LogP contribution is 2.46. The molecule has 158 valence electrons. The minimum absolute atomic E-state index is 0. The number of likely N-dealkylation sites (N-methyl/N-ethyl adjacent to an activating group) is 1. The molecule has 0 saturated heterocycles. The molecule has 0 aromatic heterocycles. The van der Waals surface area contributed by atoms with Crippen LogP contribution in [0.2, 0.25) is 0 Å². The highest BCUT2D eigenvalue weighted by molar-refractivity contribution is 14.0. The molecular weight excluding hydrogens is 467 g/mol. The van der Waals surface area contributed by atoms with Gasteiger partial charge in [0.1, 0.15) is 11.4 Å². The fraction of sp³-hybridized carbons (Fsp3) is 0.667. The second-order valence-electron chi connectivity index (χ2n) is 7.73. The fourth-order valence-corrected chi connectivity index (χ4v) is 4.16. The zero-order valence-corrected chi connectivity index (χ0v) is 19.7. The summed E-state index contributed by atoms with van der Waals surface area (Å²) >= 11 is 0. The molecule has 1 aromatic rings. The molecule has 0 amide bonds. The summed E-state index contributed by atoms with van der Waals surface area (Å²) in [5, 5.41) is 7.10. The van der Waals surface area contributed by atoms with Crippen LogP contribution in [0.4, 0.5) is 0 Å². The maximum atomic E-state index is 6.46. The molecule has 0 bridgehead atoms. The van der Waals surface area contributed by atoms with Gasteiger partial charge in [-0.15, -0.1) is 24.0 Å². The molecule has 1 aromatic carbocycles. The van der Waals surface area contributed by atoms with Crippen molar-refractivity contribution in [2.75, 3.05) is 47.4 Å². The van der Waals surface area contributed by atoms with Gasteiger partial charge in [0.25, 0.3) is 0 Å². The SMILES string of the molecule is CN=C(NCCN(C)CCOC)NC1CC2(CCCC2)Oc2ccccc21.I. The average Bonchev–Trinajstić information content (AvgIpc) is 3.12. The van der Waals surface area contributed by atoms with Gasteiger partial charge in [0.15, 0.2) is 5.96 Å². The molecule has 1 aliphatic heterocycles. The number of hydrogen-bond donors (Lipinski definition) is 2. The first-order chi connectivity index (χ1) is 13.2. The minimum atomic E-state index is -0.00869. The topological polar surface area (TPSA) is 58.1 Å². The number of para-hydroxylation sites is 1. The summed E-state index contributed by atoms with van der Waals surface area (Å²) < 4.78 is 11.6. The van der Waals surface area contributed by atoms with E-state index in [1.54, 1.807) is 7.11 Å². The van der Waals surface area contributed by atoms with Crippen LogP contribution in [0, 0.1) is 0 Å². The molecule has 1 aliphatic carbocycles. The second kappa shape index (κ2) is 11.2. The molecule has 1 fully saturated rings. The second-order valence-corrected chi connectivity index (χ2v) is 7.73. The van der Waals surface area contributed by atoms with Crippen molar-refractivity contribution in [3.63, 3.8) is 0 Å². The molecule has 0 radical (unpaired) electrons. The van der Waals surface area contributed by atoms with Crippen LogP contribution in [0.3, 0.4) is 0 Å². The summed E-state index contributed by atoms with van der Waals surface area (Å²) in [6.07, 6.45) is 5.81. The molecule has 7 heteroatoms. The molecule has 1 heterocycles. The van der Waals surface area contributed by atoms with Crippen LogP contribution in [-0.2, 0) is 4.74 Å². The Bertz CT molecular complexity index is 635. The van der Waals surface area contributed by atoms with Gasteiger partial charge < -0.3 is 25.0 Å². The van der Waals surface area contributed by atoms with Crippen LogP contribution in [0.5, 0.6) is 5.75 Å². The monoisotopic (exact) mass is 502 g/mol. The summed E-state index contributed by atoms with van der Waals surface area (Å²) in [7, 11) is 5.68. The number of fused-ring (bicyclic) bond motifs is 1. The Morgan fingerprint density at radius 3 is 2.75 bits per heavy atom. The van der Waals surface area contributed by atoms with Crippen molar-refractivity contribution in [1.29, 1.82) is 0 Å². The summed E-state index contributed by atoms with van der Waals surface area (Å²) in [5.74, 6) is 1.88. The third-order valence-electron chi connectivity index (χ3n) is 5.71. The minimum Gasteiger partial charge on any atom is -0.487 e. The predicted octanol–water partition coefficient (Wildman–Crippen LogP) is 3.18. The van der Waals surface area contributed by atoms with E-state index < -0.39 is 0 Å². The third-order valence-corrected chi connectivity index (χ3v) is 5.71. The van der Waals surface area contributed by atoms with Crippen LogP contribution in [0.1, 0.15) is 43.7 Å². The predicted molar refractivity (Wildman–Crippen MR) is 125 cm³/mol. The summed E-state index contributed by atoms with van der Waals surface area (Å²) in [6, 6.07) is 8.65. The first-order valence-corrected chi connectivity index (χ1v) is 10.1. The van der Waals surface area contributed by atoms with E-state index in [0.717, 1.165) is 57.2 Å². The van der Waals surface area contributed by atoms with Gasteiger partial charge in [-0.1, -0.05) is 18.2 Å². The van der Waals surface area contributed by atoms with E-state index in [9.17, 15) is 0 Å². The number of nitrogens with one attached hydrogen (secondary N) is 2. The maximum Gasteiger partial charge on any atom is 0.191 e. The lowest BCUT2D eigenvalue weighted by molar-refractivity contribution is 0.0396. The summed E-state index contributed by atoms with van der Waals surface area (Å²) in [5.41, 5.74) is 1.22. The van der Waals surface area contributed by atoms with Gasteiger partial charge in [-0.05, 0) is 38.8 Å². The molecule has 1 unspecified atom stereocenters. The smallest absolute Gasteiger partial charge is 0.191 e. The van der Waals surface area contributed by atoms with Gasteiger partial charge in [-0.25, -0.2) is 0 Å². The normalized spacial score (nSPS) is 20.4. The van der Waals surface area contributed by atoms with Crippen LogP contribution in [0.25, 0.3) is 0 Å². The first kappa shape index (κ1) is 23.2. The van der Waals surface area contributed by atoms with E-state index in [4.69, 9.17) is 9.47 Å². The van der Waals surface area contributed by atoms with E-state index in [1.807, 2.05) is 7.05 Å². The van der Waals surface area contributed by atoms with Gasteiger partial charge in [0, 0.05) is 45.8 Å². The molecule has 2 N–H and O–H groups in total. The number of guanidine groups is 1. The van der Waals surface area contributed by atoms with Gasteiger partial charge >= 0.3 is 0 Å². The van der Waals surface area contributed by atoms with E-state index in [1.165, 1.54) is 18.4 Å². The van der Waals surface area contributed by atoms with Crippen LogP contribution < -0.4 is 15.4 Å². The van der Waals surface area contributed by atoms with Crippen LogP contribution in [0.15, 0.2) is 29.3 Å². The highest BCUT2D eigenvalue weighted by atomic mass is 127. The Labute approximate surface area is 186 Å². The Hall–Kier alpha value is -1.06. The maximum absolute atomic E-state index is 6.46. The number of methoxy groups -OCH3 is 1. The quantitative estimate of drug-likeness (QED) is 0.341. The van der Waals surface area contributed by atoms with Gasteiger partial charge in [-0.2, -0.15) is 0 Å². The number of nitrogens with zero attached hydrogens (tertiary/aromatic N) is 2. The molecule has 6 nitrogen and oxygen atoms in total. The molecule has 1 saturated carbocycles. The Balaban J connectivity index is 0.00000280. The van der Waals surface area contributed by atoms with Crippen molar-refractivity contribution < 1.29 is 9.47 Å². The van der Waals surface area contributed by atoms with E-state index >= 15 is 0 Å². The standard InChI is InChI=1S/C21H34N4O2.HI/c1-22-20(23-12-13-25(2)14-15-26-3)24-18-16-21(10-6-7-11-21)27-19-9-5-4-8-17(18)19;/h4-5,8-9,18H,6-7,10-16H2,1-3H3,(H2,22,23,24);1H. The number of halogens is 1. The zero-order chi connectivity index (χ0) is 19.1.